The molecule has 1 N–H and O–H groups in total. The van der Waals surface area contributed by atoms with Crippen molar-refractivity contribution in [1.29, 1.82) is 0 Å². The summed E-state index contributed by atoms with van der Waals surface area (Å²) in [5, 5.41) is 2.66. The fraction of sp³-hybridized carbons (Fsp3) is 0.579. The molecule has 6 nitrogen and oxygen atoms in total. The minimum atomic E-state index is -0.510. The molecule has 0 aliphatic carbocycles. The highest BCUT2D eigenvalue weighted by molar-refractivity contribution is 8.00. The Morgan fingerprint density at radius 2 is 2.08 bits per heavy atom. The number of carbonyl (C=O) groups is 2. The van der Waals surface area contributed by atoms with Crippen LogP contribution in [0.1, 0.15) is 31.2 Å². The molecule has 0 saturated carbocycles. The number of methoxy groups -OCH3 is 2. The van der Waals surface area contributed by atoms with Crippen LogP contribution in [0.2, 0.25) is 0 Å². The summed E-state index contributed by atoms with van der Waals surface area (Å²) in [6.07, 6.45) is 0.608. The van der Waals surface area contributed by atoms with E-state index in [1.807, 2.05) is 24.3 Å². The number of benzene rings is 1. The Morgan fingerprint density at radius 3 is 2.73 bits per heavy atom. The van der Waals surface area contributed by atoms with Gasteiger partial charge in [-0.3, -0.25) is 9.59 Å². The van der Waals surface area contributed by atoms with Crippen molar-refractivity contribution < 1.29 is 19.1 Å². The molecule has 2 amide bonds. The molecule has 26 heavy (non-hydrogen) atoms. The zero-order chi connectivity index (χ0) is 19.1. The van der Waals surface area contributed by atoms with Crippen LogP contribution in [0.15, 0.2) is 24.3 Å². The van der Waals surface area contributed by atoms with Crippen molar-refractivity contribution in [3.8, 4) is 5.75 Å². The van der Waals surface area contributed by atoms with E-state index in [1.165, 1.54) is 11.8 Å². The van der Waals surface area contributed by atoms with Crippen molar-refractivity contribution >= 4 is 23.6 Å². The normalized spacial score (nSPS) is 18.3. The Labute approximate surface area is 159 Å². The van der Waals surface area contributed by atoms with E-state index in [0.717, 1.165) is 11.3 Å². The minimum Gasteiger partial charge on any atom is -0.496 e. The number of nitrogens with one attached hydrogen (secondary N) is 1. The van der Waals surface area contributed by atoms with Crippen molar-refractivity contribution in [3.63, 3.8) is 0 Å². The molecule has 1 aromatic carbocycles. The fourth-order valence-corrected chi connectivity index (χ4v) is 4.32. The van der Waals surface area contributed by atoms with Crippen molar-refractivity contribution in [2.45, 2.75) is 31.7 Å². The summed E-state index contributed by atoms with van der Waals surface area (Å²) in [7, 11) is 3.21. The third kappa shape index (κ3) is 4.92. The average molecular weight is 381 g/mol. The van der Waals surface area contributed by atoms with E-state index in [4.69, 9.17) is 9.47 Å². The maximum Gasteiger partial charge on any atom is 0.242 e. The molecular formula is C19H28N2O4S. The lowest BCUT2D eigenvalue weighted by molar-refractivity contribution is -0.139. The van der Waals surface area contributed by atoms with E-state index < -0.39 is 6.04 Å². The lowest BCUT2D eigenvalue weighted by atomic mass is 10.0. The van der Waals surface area contributed by atoms with Gasteiger partial charge < -0.3 is 19.7 Å². The molecule has 2 atom stereocenters. The van der Waals surface area contributed by atoms with Gasteiger partial charge in [-0.05, 0) is 18.4 Å². The molecule has 2 rings (SSSR count). The van der Waals surface area contributed by atoms with Crippen LogP contribution in [0.25, 0.3) is 0 Å². The van der Waals surface area contributed by atoms with E-state index >= 15 is 0 Å². The van der Waals surface area contributed by atoms with Crippen LogP contribution in [0.3, 0.4) is 0 Å². The molecular weight excluding hydrogens is 352 g/mol. The monoisotopic (exact) mass is 380 g/mol. The highest BCUT2D eigenvalue weighted by Gasteiger charge is 2.41. The van der Waals surface area contributed by atoms with Crippen LogP contribution in [0.4, 0.5) is 0 Å². The largest absolute Gasteiger partial charge is 0.496 e. The molecule has 1 heterocycles. The third-order valence-corrected chi connectivity index (χ3v) is 5.46. The van der Waals surface area contributed by atoms with E-state index in [2.05, 4.69) is 19.2 Å². The summed E-state index contributed by atoms with van der Waals surface area (Å²) in [4.78, 5) is 27.2. The Kier molecular flexibility index (Phi) is 7.78. The predicted octanol–water partition coefficient (Wildman–Crippen LogP) is 2.45. The topological polar surface area (TPSA) is 67.9 Å². The van der Waals surface area contributed by atoms with E-state index in [9.17, 15) is 9.59 Å². The predicted molar refractivity (Wildman–Crippen MR) is 103 cm³/mol. The Balaban J connectivity index is 2.30. The van der Waals surface area contributed by atoms with Gasteiger partial charge in [-0.1, -0.05) is 32.0 Å². The zero-order valence-corrected chi connectivity index (χ0v) is 16.7. The zero-order valence-electron chi connectivity index (χ0n) is 15.9. The SMILES string of the molecule is COCCNC(=O)C(CC(C)C)N1C(=O)CSC1c1ccccc1OC. The van der Waals surface area contributed by atoms with Crippen LogP contribution in [-0.4, -0.2) is 55.9 Å². The molecule has 1 saturated heterocycles. The number of rotatable bonds is 9. The maximum atomic E-state index is 12.8. The molecule has 0 radical (unpaired) electrons. The molecule has 0 aromatic heterocycles. The number of carbonyl (C=O) groups excluding carboxylic acids is 2. The Morgan fingerprint density at radius 1 is 1.35 bits per heavy atom. The second-order valence-corrected chi connectivity index (χ2v) is 7.70. The maximum absolute atomic E-state index is 12.8. The van der Waals surface area contributed by atoms with Gasteiger partial charge in [0.25, 0.3) is 0 Å². The molecule has 144 valence electrons. The van der Waals surface area contributed by atoms with Crippen LogP contribution < -0.4 is 10.1 Å². The molecule has 2 unspecified atom stereocenters. The van der Waals surface area contributed by atoms with Gasteiger partial charge in [0.15, 0.2) is 0 Å². The van der Waals surface area contributed by atoms with Crippen molar-refractivity contribution in [1.82, 2.24) is 10.2 Å². The van der Waals surface area contributed by atoms with Crippen molar-refractivity contribution in [3.05, 3.63) is 29.8 Å². The molecule has 7 heteroatoms. The Hall–Kier alpha value is -1.73. The van der Waals surface area contributed by atoms with E-state index in [1.54, 1.807) is 19.1 Å². The van der Waals surface area contributed by atoms with Gasteiger partial charge in [-0.15, -0.1) is 11.8 Å². The molecule has 1 aliphatic heterocycles. The van der Waals surface area contributed by atoms with Gasteiger partial charge in [0.05, 0.1) is 19.5 Å². The van der Waals surface area contributed by atoms with Crippen molar-refractivity contribution in [2.75, 3.05) is 33.1 Å². The summed E-state index contributed by atoms with van der Waals surface area (Å²) in [6.45, 7) is 4.99. The van der Waals surface area contributed by atoms with E-state index in [-0.39, 0.29) is 23.1 Å². The first-order chi connectivity index (χ1) is 12.5. The highest BCUT2D eigenvalue weighted by atomic mass is 32.2. The first-order valence-electron chi connectivity index (χ1n) is 8.81. The van der Waals surface area contributed by atoms with Gasteiger partial charge >= 0.3 is 0 Å². The number of hydrogen-bond donors (Lipinski definition) is 1. The summed E-state index contributed by atoms with van der Waals surface area (Å²) in [6, 6.07) is 7.15. The average Bonchev–Trinajstić information content (AvgIpc) is 3.00. The second-order valence-electron chi connectivity index (χ2n) is 6.64. The quantitative estimate of drug-likeness (QED) is 0.667. The smallest absolute Gasteiger partial charge is 0.242 e. The molecule has 0 spiro atoms. The first-order valence-corrected chi connectivity index (χ1v) is 9.86. The molecule has 1 fully saturated rings. The first kappa shape index (κ1) is 20.6. The lowest BCUT2D eigenvalue weighted by Gasteiger charge is -2.33. The molecule has 1 aliphatic rings. The van der Waals surface area contributed by atoms with Gasteiger partial charge in [-0.2, -0.15) is 0 Å². The summed E-state index contributed by atoms with van der Waals surface area (Å²) < 4.78 is 10.5. The van der Waals surface area contributed by atoms with Gasteiger partial charge in [0.2, 0.25) is 11.8 Å². The fourth-order valence-electron chi connectivity index (χ4n) is 3.07. The van der Waals surface area contributed by atoms with Crippen molar-refractivity contribution in [2.24, 2.45) is 5.92 Å². The van der Waals surface area contributed by atoms with Gasteiger partial charge in [0, 0.05) is 19.2 Å². The van der Waals surface area contributed by atoms with Gasteiger partial charge in [0.1, 0.15) is 17.2 Å². The van der Waals surface area contributed by atoms with Crippen LogP contribution in [0.5, 0.6) is 5.75 Å². The third-order valence-electron chi connectivity index (χ3n) is 4.25. The standard InChI is InChI=1S/C19H28N2O4S/c1-13(2)11-15(18(23)20-9-10-24-3)21-17(22)12-26-19(21)14-7-5-6-8-16(14)25-4/h5-8,13,15,19H,9-12H2,1-4H3,(H,20,23). The summed E-state index contributed by atoms with van der Waals surface area (Å²) >= 11 is 1.53. The minimum absolute atomic E-state index is 0.0153. The molecule has 0 bridgehead atoms. The number of amides is 2. The lowest BCUT2D eigenvalue weighted by Crippen LogP contribution is -2.49. The number of thioether (sulfide) groups is 1. The van der Waals surface area contributed by atoms with Gasteiger partial charge in [-0.25, -0.2) is 0 Å². The molecule has 1 aromatic rings. The number of ether oxygens (including phenoxy) is 2. The number of nitrogens with zero attached hydrogens (tertiary/aromatic N) is 1. The Bertz CT molecular complexity index is 623. The van der Waals surface area contributed by atoms with E-state index in [0.29, 0.717) is 25.3 Å². The summed E-state index contributed by atoms with van der Waals surface area (Å²) in [5.41, 5.74) is 0.921. The number of para-hydroxylation sites is 1. The summed E-state index contributed by atoms with van der Waals surface area (Å²) in [5.74, 6) is 1.23. The number of hydrogen-bond acceptors (Lipinski definition) is 5. The van der Waals surface area contributed by atoms with Crippen LogP contribution in [-0.2, 0) is 14.3 Å². The van der Waals surface area contributed by atoms with Crippen LogP contribution in [0, 0.1) is 5.92 Å². The van der Waals surface area contributed by atoms with Crippen LogP contribution >= 0.6 is 11.8 Å². The second kappa shape index (κ2) is 9.83. The highest BCUT2D eigenvalue weighted by Crippen LogP contribution is 2.44.